The summed E-state index contributed by atoms with van der Waals surface area (Å²) in [5.74, 6) is 0.555. The van der Waals surface area contributed by atoms with Crippen molar-refractivity contribution in [3.05, 3.63) is 72.1 Å². The summed E-state index contributed by atoms with van der Waals surface area (Å²) in [5.41, 5.74) is 7.24. The predicted molar refractivity (Wildman–Crippen MR) is 84.5 cm³/mol. The van der Waals surface area contributed by atoms with Crippen molar-refractivity contribution < 1.29 is 5.11 Å². The minimum absolute atomic E-state index is 0.0541. The van der Waals surface area contributed by atoms with E-state index in [9.17, 15) is 5.11 Å². The van der Waals surface area contributed by atoms with Gasteiger partial charge in [0.2, 0.25) is 11.9 Å². The Morgan fingerprint density at radius 1 is 0.864 bits per heavy atom. The Morgan fingerprint density at radius 3 is 2.18 bits per heavy atom. The predicted octanol–water partition coefficient (Wildman–Crippen LogP) is 2.28. The van der Waals surface area contributed by atoms with Crippen LogP contribution >= 0.6 is 0 Å². The first-order chi connectivity index (χ1) is 10.7. The third-order valence-corrected chi connectivity index (χ3v) is 3.06. The van der Waals surface area contributed by atoms with Crippen LogP contribution in [0.15, 0.2) is 60.7 Å². The number of benzene rings is 2. The molecule has 22 heavy (non-hydrogen) atoms. The second-order valence-corrected chi connectivity index (χ2v) is 4.68. The van der Waals surface area contributed by atoms with Gasteiger partial charge >= 0.3 is 0 Å². The molecule has 0 fully saturated rings. The van der Waals surface area contributed by atoms with Crippen LogP contribution in [0.4, 0.5) is 17.6 Å². The summed E-state index contributed by atoms with van der Waals surface area (Å²) in [4.78, 5) is 12.3. The lowest BCUT2D eigenvalue weighted by atomic mass is 10.1. The SMILES string of the molecule is Nc1nc(Nc2ccccc2)nc(C(O)c2ccccc2)n1. The van der Waals surface area contributed by atoms with Crippen molar-refractivity contribution in [2.45, 2.75) is 6.10 Å². The lowest BCUT2D eigenvalue weighted by Gasteiger charge is -2.12. The fourth-order valence-corrected chi connectivity index (χ4v) is 2.02. The number of para-hydroxylation sites is 1. The lowest BCUT2D eigenvalue weighted by Crippen LogP contribution is -2.11. The van der Waals surface area contributed by atoms with Crippen molar-refractivity contribution in [3.8, 4) is 0 Å². The molecule has 0 bridgehead atoms. The van der Waals surface area contributed by atoms with Gasteiger partial charge in [-0.3, -0.25) is 0 Å². The van der Waals surface area contributed by atoms with Gasteiger partial charge in [-0.05, 0) is 17.7 Å². The monoisotopic (exact) mass is 293 g/mol. The summed E-state index contributed by atoms with van der Waals surface area (Å²) >= 11 is 0. The first-order valence-corrected chi connectivity index (χ1v) is 6.79. The van der Waals surface area contributed by atoms with Gasteiger partial charge in [-0.15, -0.1) is 0 Å². The molecule has 1 heterocycles. The van der Waals surface area contributed by atoms with Crippen LogP contribution in [0.2, 0.25) is 0 Å². The highest BCUT2D eigenvalue weighted by Crippen LogP contribution is 2.20. The summed E-state index contributed by atoms with van der Waals surface area (Å²) in [6, 6.07) is 18.6. The van der Waals surface area contributed by atoms with E-state index in [4.69, 9.17) is 5.73 Å². The van der Waals surface area contributed by atoms with E-state index in [1.165, 1.54) is 0 Å². The number of nitrogens with two attached hydrogens (primary N) is 1. The molecule has 0 saturated heterocycles. The van der Waals surface area contributed by atoms with Crippen LogP contribution in [-0.4, -0.2) is 20.1 Å². The number of aliphatic hydroxyl groups is 1. The standard InChI is InChI=1S/C16H15N5O/c17-15-19-14(13(22)11-7-3-1-4-8-11)20-16(21-15)18-12-9-5-2-6-10-12/h1-10,13,22H,(H3,17,18,19,20,21). The summed E-state index contributed by atoms with van der Waals surface area (Å²) in [5, 5.41) is 13.4. The summed E-state index contributed by atoms with van der Waals surface area (Å²) < 4.78 is 0. The molecule has 0 saturated carbocycles. The zero-order valence-electron chi connectivity index (χ0n) is 11.7. The number of nitrogens with zero attached hydrogens (tertiary/aromatic N) is 3. The zero-order valence-corrected chi connectivity index (χ0v) is 11.7. The van der Waals surface area contributed by atoms with Crippen LogP contribution in [0.3, 0.4) is 0 Å². The van der Waals surface area contributed by atoms with Crippen molar-refractivity contribution in [1.29, 1.82) is 0 Å². The second-order valence-electron chi connectivity index (χ2n) is 4.68. The van der Waals surface area contributed by atoms with Crippen molar-refractivity contribution in [1.82, 2.24) is 15.0 Å². The molecule has 2 aromatic carbocycles. The highest BCUT2D eigenvalue weighted by atomic mass is 16.3. The third-order valence-electron chi connectivity index (χ3n) is 3.06. The van der Waals surface area contributed by atoms with Crippen LogP contribution < -0.4 is 11.1 Å². The van der Waals surface area contributed by atoms with Gasteiger partial charge in [0.05, 0.1) is 0 Å². The Bertz CT molecular complexity index is 749. The van der Waals surface area contributed by atoms with Crippen LogP contribution in [0, 0.1) is 0 Å². The summed E-state index contributed by atoms with van der Waals surface area (Å²) in [7, 11) is 0. The summed E-state index contributed by atoms with van der Waals surface area (Å²) in [6.07, 6.45) is -0.956. The molecule has 0 aliphatic carbocycles. The van der Waals surface area contributed by atoms with E-state index < -0.39 is 6.10 Å². The Balaban J connectivity index is 1.90. The van der Waals surface area contributed by atoms with E-state index in [1.54, 1.807) is 12.1 Å². The second kappa shape index (κ2) is 6.19. The smallest absolute Gasteiger partial charge is 0.232 e. The van der Waals surface area contributed by atoms with Gasteiger partial charge in [-0.25, -0.2) is 0 Å². The molecule has 0 aliphatic heterocycles. The number of nitrogen functional groups attached to an aromatic ring is 1. The number of aromatic nitrogens is 3. The number of rotatable bonds is 4. The van der Waals surface area contributed by atoms with Gasteiger partial charge in [-0.1, -0.05) is 48.5 Å². The van der Waals surface area contributed by atoms with Crippen LogP contribution in [0.5, 0.6) is 0 Å². The Labute approximate surface area is 127 Å². The quantitative estimate of drug-likeness (QED) is 0.683. The molecule has 0 spiro atoms. The van der Waals surface area contributed by atoms with Crippen molar-refractivity contribution >= 4 is 17.6 Å². The molecular formula is C16H15N5O. The Morgan fingerprint density at radius 2 is 1.50 bits per heavy atom. The van der Waals surface area contributed by atoms with Gasteiger partial charge in [0.15, 0.2) is 5.82 Å². The van der Waals surface area contributed by atoms with Crippen molar-refractivity contribution in [2.75, 3.05) is 11.1 Å². The van der Waals surface area contributed by atoms with Crippen LogP contribution in [0.1, 0.15) is 17.5 Å². The fraction of sp³-hybridized carbons (Fsp3) is 0.0625. The number of aliphatic hydroxyl groups excluding tert-OH is 1. The number of hydrogen-bond donors (Lipinski definition) is 3. The maximum Gasteiger partial charge on any atom is 0.232 e. The average Bonchev–Trinajstić information content (AvgIpc) is 2.55. The minimum atomic E-state index is -0.956. The first kappa shape index (κ1) is 14.0. The molecule has 0 radical (unpaired) electrons. The van der Waals surface area contributed by atoms with E-state index in [1.807, 2.05) is 48.5 Å². The number of nitrogens with one attached hydrogen (secondary N) is 1. The van der Waals surface area contributed by atoms with E-state index in [0.29, 0.717) is 11.5 Å². The zero-order chi connectivity index (χ0) is 15.4. The molecule has 110 valence electrons. The van der Waals surface area contributed by atoms with E-state index in [-0.39, 0.29) is 11.8 Å². The largest absolute Gasteiger partial charge is 0.380 e. The molecule has 1 aromatic heterocycles. The van der Waals surface area contributed by atoms with E-state index >= 15 is 0 Å². The molecule has 3 aromatic rings. The molecule has 3 rings (SSSR count). The van der Waals surface area contributed by atoms with Gasteiger partial charge < -0.3 is 16.2 Å². The van der Waals surface area contributed by atoms with Gasteiger partial charge in [0.1, 0.15) is 6.10 Å². The van der Waals surface area contributed by atoms with Gasteiger partial charge in [0.25, 0.3) is 0 Å². The van der Waals surface area contributed by atoms with Gasteiger partial charge in [-0.2, -0.15) is 15.0 Å². The average molecular weight is 293 g/mol. The molecule has 6 nitrogen and oxygen atoms in total. The van der Waals surface area contributed by atoms with Crippen molar-refractivity contribution in [3.63, 3.8) is 0 Å². The summed E-state index contributed by atoms with van der Waals surface area (Å²) in [6.45, 7) is 0. The molecule has 0 amide bonds. The lowest BCUT2D eigenvalue weighted by molar-refractivity contribution is 0.210. The topological polar surface area (TPSA) is 97.0 Å². The Kier molecular flexibility index (Phi) is 3.93. The third kappa shape index (κ3) is 3.18. The maximum atomic E-state index is 10.4. The molecule has 0 aliphatic rings. The van der Waals surface area contributed by atoms with Crippen molar-refractivity contribution in [2.24, 2.45) is 0 Å². The fourth-order valence-electron chi connectivity index (χ4n) is 2.02. The van der Waals surface area contributed by atoms with E-state index in [0.717, 1.165) is 5.69 Å². The molecule has 1 unspecified atom stereocenters. The van der Waals surface area contributed by atoms with Crippen LogP contribution in [0.25, 0.3) is 0 Å². The molecule has 1 atom stereocenters. The first-order valence-electron chi connectivity index (χ1n) is 6.79. The number of hydrogen-bond acceptors (Lipinski definition) is 6. The Hall–Kier alpha value is -2.99. The molecule has 4 N–H and O–H groups in total. The highest BCUT2D eigenvalue weighted by molar-refractivity contribution is 5.53. The minimum Gasteiger partial charge on any atom is -0.380 e. The van der Waals surface area contributed by atoms with Gasteiger partial charge in [0, 0.05) is 5.69 Å². The molecular weight excluding hydrogens is 278 g/mol. The van der Waals surface area contributed by atoms with Crippen LogP contribution in [-0.2, 0) is 0 Å². The van der Waals surface area contributed by atoms with E-state index in [2.05, 4.69) is 20.3 Å². The maximum absolute atomic E-state index is 10.4. The highest BCUT2D eigenvalue weighted by Gasteiger charge is 2.15. The normalized spacial score (nSPS) is 11.9. The number of anilines is 3. The molecule has 6 heteroatoms.